The van der Waals surface area contributed by atoms with E-state index in [1.165, 1.54) is 18.4 Å². The van der Waals surface area contributed by atoms with Gasteiger partial charge in [-0.05, 0) is 60.4 Å². The van der Waals surface area contributed by atoms with E-state index in [9.17, 15) is 4.79 Å². The summed E-state index contributed by atoms with van der Waals surface area (Å²) in [6.07, 6.45) is 4.63. The minimum Gasteiger partial charge on any atom is -0.331 e. The summed E-state index contributed by atoms with van der Waals surface area (Å²) in [5.74, 6) is 0.701. The van der Waals surface area contributed by atoms with Gasteiger partial charge in [-0.1, -0.05) is 18.9 Å². The van der Waals surface area contributed by atoms with Crippen LogP contribution in [0.25, 0.3) is 0 Å². The molecule has 1 aromatic heterocycles. The van der Waals surface area contributed by atoms with Crippen LogP contribution in [0.2, 0.25) is 0 Å². The van der Waals surface area contributed by atoms with E-state index >= 15 is 0 Å². The highest BCUT2D eigenvalue weighted by atomic mass is 16.2. The summed E-state index contributed by atoms with van der Waals surface area (Å²) >= 11 is 0. The molecule has 7 nitrogen and oxygen atoms in total. The van der Waals surface area contributed by atoms with Crippen LogP contribution in [0.1, 0.15) is 48.7 Å². The molecule has 1 aliphatic rings. The second-order valence-corrected chi connectivity index (χ2v) is 6.08. The molecule has 0 radical (unpaired) electrons. The van der Waals surface area contributed by atoms with Crippen LogP contribution in [-0.2, 0) is 6.54 Å². The van der Waals surface area contributed by atoms with E-state index in [0.717, 1.165) is 24.1 Å². The molecule has 1 aromatic carbocycles. The number of urea groups is 1. The third-order valence-electron chi connectivity index (χ3n) is 4.40. The molecule has 3 rings (SSSR count). The van der Waals surface area contributed by atoms with Gasteiger partial charge in [0.25, 0.3) is 0 Å². The molecule has 2 N–H and O–H groups in total. The Morgan fingerprint density at radius 3 is 2.78 bits per heavy atom. The lowest BCUT2D eigenvalue weighted by Gasteiger charge is -2.12. The monoisotopic (exact) mass is 314 g/mol. The number of rotatable bonds is 4. The molecule has 1 saturated carbocycles. The molecule has 0 atom stereocenters. The lowest BCUT2D eigenvalue weighted by Crippen LogP contribution is -2.30. The van der Waals surface area contributed by atoms with Gasteiger partial charge in [0, 0.05) is 5.69 Å². The lowest BCUT2D eigenvalue weighted by atomic mass is 10.1. The highest BCUT2D eigenvalue weighted by Gasteiger charge is 2.21. The quantitative estimate of drug-likeness (QED) is 0.908. The maximum Gasteiger partial charge on any atom is 0.319 e. The van der Waals surface area contributed by atoms with Gasteiger partial charge in [0.15, 0.2) is 5.82 Å². The molecule has 7 heteroatoms. The van der Waals surface area contributed by atoms with Crippen molar-refractivity contribution in [1.82, 2.24) is 25.5 Å². The summed E-state index contributed by atoms with van der Waals surface area (Å²) in [6.45, 7) is 4.39. The first-order valence-electron chi connectivity index (χ1n) is 8.02. The zero-order valence-electron chi connectivity index (χ0n) is 13.5. The van der Waals surface area contributed by atoms with Gasteiger partial charge in [0.1, 0.15) is 0 Å². The molecular weight excluding hydrogens is 292 g/mol. The molecule has 0 saturated heterocycles. The largest absolute Gasteiger partial charge is 0.331 e. The summed E-state index contributed by atoms with van der Waals surface area (Å²) < 4.78 is 1.85. The lowest BCUT2D eigenvalue weighted by molar-refractivity contribution is 0.251. The second kappa shape index (κ2) is 6.76. The maximum absolute atomic E-state index is 12.0. The van der Waals surface area contributed by atoms with Crippen LogP contribution in [0.15, 0.2) is 18.2 Å². The van der Waals surface area contributed by atoms with Gasteiger partial charge in [-0.2, -0.15) is 0 Å². The van der Waals surface area contributed by atoms with Crippen LogP contribution in [0.3, 0.4) is 0 Å². The number of benzene rings is 1. The number of hydrogen-bond donors (Lipinski definition) is 2. The van der Waals surface area contributed by atoms with Gasteiger partial charge in [0.2, 0.25) is 0 Å². The van der Waals surface area contributed by atoms with Gasteiger partial charge in [-0.3, -0.25) is 0 Å². The van der Waals surface area contributed by atoms with Crippen molar-refractivity contribution in [3.8, 4) is 0 Å². The van der Waals surface area contributed by atoms with Crippen molar-refractivity contribution >= 4 is 11.7 Å². The van der Waals surface area contributed by atoms with Crippen LogP contribution in [0.5, 0.6) is 0 Å². The standard InChI is InChI=1S/C16H22N6O/c1-11-7-8-13(9-12(11)2)18-16(23)17-10-15-19-20-21-22(15)14-5-3-4-6-14/h7-9,14H,3-6,10H2,1-2H3,(H2,17,18,23). The Bertz CT molecular complexity index is 690. The Hall–Kier alpha value is -2.44. The number of nitrogens with zero attached hydrogens (tertiary/aromatic N) is 4. The van der Waals surface area contributed by atoms with Crippen molar-refractivity contribution in [3.63, 3.8) is 0 Å². The number of amides is 2. The fourth-order valence-electron chi connectivity index (χ4n) is 2.91. The third-order valence-corrected chi connectivity index (χ3v) is 4.40. The van der Waals surface area contributed by atoms with Crippen molar-refractivity contribution in [3.05, 3.63) is 35.2 Å². The number of carbonyl (C=O) groups is 1. The van der Waals surface area contributed by atoms with Gasteiger partial charge in [0.05, 0.1) is 12.6 Å². The van der Waals surface area contributed by atoms with Crippen molar-refractivity contribution in [2.45, 2.75) is 52.1 Å². The highest BCUT2D eigenvalue weighted by Crippen LogP contribution is 2.28. The van der Waals surface area contributed by atoms with Crippen LogP contribution in [0, 0.1) is 13.8 Å². The number of carbonyl (C=O) groups excluding carboxylic acids is 1. The van der Waals surface area contributed by atoms with Crippen LogP contribution >= 0.6 is 0 Å². The normalized spacial score (nSPS) is 14.9. The molecular formula is C16H22N6O. The number of tetrazole rings is 1. The summed E-state index contributed by atoms with van der Waals surface area (Å²) in [6, 6.07) is 5.95. The first-order valence-corrected chi connectivity index (χ1v) is 8.02. The summed E-state index contributed by atoms with van der Waals surface area (Å²) in [5, 5.41) is 17.5. The molecule has 1 aliphatic carbocycles. The van der Waals surface area contributed by atoms with E-state index in [-0.39, 0.29) is 6.03 Å². The Balaban J connectivity index is 1.57. The zero-order chi connectivity index (χ0) is 16.2. The average molecular weight is 314 g/mol. The molecule has 0 spiro atoms. The van der Waals surface area contributed by atoms with Crippen molar-refractivity contribution < 1.29 is 4.79 Å². The zero-order valence-corrected chi connectivity index (χ0v) is 13.5. The number of anilines is 1. The SMILES string of the molecule is Cc1ccc(NC(=O)NCc2nnnn2C2CCCC2)cc1C. The highest BCUT2D eigenvalue weighted by molar-refractivity contribution is 5.89. The predicted molar refractivity (Wildman–Crippen MR) is 87.1 cm³/mol. The molecule has 0 bridgehead atoms. The molecule has 2 amide bonds. The first-order chi connectivity index (χ1) is 11.1. The molecule has 2 aromatic rings. The minimum absolute atomic E-state index is 0.255. The number of hydrogen-bond acceptors (Lipinski definition) is 4. The van der Waals surface area contributed by atoms with Gasteiger partial charge >= 0.3 is 6.03 Å². The Labute approximate surface area is 135 Å². The Morgan fingerprint density at radius 2 is 2.04 bits per heavy atom. The number of nitrogens with one attached hydrogen (secondary N) is 2. The molecule has 1 fully saturated rings. The summed E-state index contributed by atoms with van der Waals surface area (Å²) in [4.78, 5) is 12.0. The van der Waals surface area contributed by atoms with E-state index in [2.05, 4.69) is 26.2 Å². The van der Waals surface area contributed by atoms with Gasteiger partial charge < -0.3 is 10.6 Å². The van der Waals surface area contributed by atoms with Crippen molar-refractivity contribution in [1.29, 1.82) is 0 Å². The fourth-order valence-corrected chi connectivity index (χ4v) is 2.91. The van der Waals surface area contributed by atoms with Crippen LogP contribution < -0.4 is 10.6 Å². The molecule has 0 unspecified atom stereocenters. The van der Waals surface area contributed by atoms with Crippen molar-refractivity contribution in [2.24, 2.45) is 0 Å². The number of aryl methyl sites for hydroxylation is 2. The molecule has 1 heterocycles. The van der Waals surface area contributed by atoms with E-state index in [0.29, 0.717) is 18.4 Å². The maximum atomic E-state index is 12.0. The Kier molecular flexibility index (Phi) is 4.55. The first kappa shape index (κ1) is 15.5. The van der Waals surface area contributed by atoms with Gasteiger partial charge in [-0.15, -0.1) is 5.10 Å². The van der Waals surface area contributed by atoms with Crippen LogP contribution in [-0.4, -0.2) is 26.2 Å². The smallest absolute Gasteiger partial charge is 0.319 e. The second-order valence-electron chi connectivity index (χ2n) is 6.08. The van der Waals surface area contributed by atoms with E-state index in [1.54, 1.807) is 0 Å². The molecule has 23 heavy (non-hydrogen) atoms. The van der Waals surface area contributed by atoms with E-state index < -0.39 is 0 Å². The topological polar surface area (TPSA) is 84.7 Å². The third kappa shape index (κ3) is 3.67. The van der Waals surface area contributed by atoms with Gasteiger partial charge in [-0.25, -0.2) is 9.48 Å². The predicted octanol–water partition coefficient (Wildman–Crippen LogP) is 2.73. The number of aromatic nitrogens is 4. The summed E-state index contributed by atoms with van der Waals surface area (Å²) in [7, 11) is 0. The summed E-state index contributed by atoms with van der Waals surface area (Å²) in [5.41, 5.74) is 3.13. The van der Waals surface area contributed by atoms with E-state index in [1.807, 2.05) is 36.7 Å². The average Bonchev–Trinajstić information content (AvgIpc) is 3.19. The van der Waals surface area contributed by atoms with E-state index in [4.69, 9.17) is 0 Å². The fraction of sp³-hybridized carbons (Fsp3) is 0.500. The molecule has 122 valence electrons. The molecule has 0 aliphatic heterocycles. The Morgan fingerprint density at radius 1 is 1.26 bits per heavy atom. The minimum atomic E-state index is -0.255. The van der Waals surface area contributed by atoms with Crippen molar-refractivity contribution in [2.75, 3.05) is 5.32 Å². The van der Waals surface area contributed by atoms with Crippen LogP contribution in [0.4, 0.5) is 10.5 Å².